The summed E-state index contributed by atoms with van der Waals surface area (Å²) in [5.74, 6) is 1.24. The molecule has 3 aromatic heterocycles. The van der Waals surface area contributed by atoms with E-state index >= 15 is 0 Å². The van der Waals surface area contributed by atoms with Crippen molar-refractivity contribution >= 4 is 39.5 Å². The highest BCUT2D eigenvalue weighted by atomic mass is 35.5. The molecular formula is C13H6Cl2N4OS. The monoisotopic (exact) mass is 336 g/mol. The van der Waals surface area contributed by atoms with Gasteiger partial charge in [0, 0.05) is 10.6 Å². The van der Waals surface area contributed by atoms with Crippen LogP contribution in [0, 0.1) is 0 Å². The lowest BCUT2D eigenvalue weighted by Crippen LogP contribution is -1.91. The number of halogens is 2. The maximum atomic E-state index is 6.21. The molecule has 0 saturated carbocycles. The molecule has 0 unspecified atom stereocenters. The molecule has 0 aliphatic rings. The topological polar surface area (TPSA) is 56.2 Å². The Morgan fingerprint density at radius 3 is 2.86 bits per heavy atom. The van der Waals surface area contributed by atoms with Gasteiger partial charge in [-0.05, 0) is 30.3 Å². The quantitative estimate of drug-likeness (QED) is 0.543. The Labute approximate surface area is 132 Å². The van der Waals surface area contributed by atoms with E-state index in [1.807, 2.05) is 12.1 Å². The van der Waals surface area contributed by atoms with Crippen LogP contribution in [0.15, 0.2) is 41.0 Å². The maximum absolute atomic E-state index is 6.21. The highest BCUT2D eigenvalue weighted by molar-refractivity contribution is 7.19. The zero-order chi connectivity index (χ0) is 14.4. The van der Waals surface area contributed by atoms with Crippen molar-refractivity contribution in [3.8, 4) is 22.2 Å². The molecule has 5 nitrogen and oxygen atoms in total. The molecule has 4 rings (SSSR count). The molecule has 4 aromatic rings. The van der Waals surface area contributed by atoms with E-state index < -0.39 is 0 Å². The first-order valence-corrected chi connectivity index (χ1v) is 7.51. The van der Waals surface area contributed by atoms with Gasteiger partial charge in [-0.1, -0.05) is 34.5 Å². The summed E-state index contributed by atoms with van der Waals surface area (Å²) in [7, 11) is 0. The van der Waals surface area contributed by atoms with Gasteiger partial charge in [0.05, 0.1) is 11.3 Å². The van der Waals surface area contributed by atoms with E-state index in [0.717, 1.165) is 5.01 Å². The molecule has 0 N–H and O–H groups in total. The summed E-state index contributed by atoms with van der Waals surface area (Å²) < 4.78 is 6.99. The number of hydrogen-bond acceptors (Lipinski definition) is 5. The third-order valence-corrected chi connectivity index (χ3v) is 4.37. The highest BCUT2D eigenvalue weighted by Gasteiger charge is 2.17. The summed E-state index contributed by atoms with van der Waals surface area (Å²) in [6.45, 7) is 0. The molecule has 8 heteroatoms. The van der Waals surface area contributed by atoms with Crippen LogP contribution in [0.2, 0.25) is 10.0 Å². The van der Waals surface area contributed by atoms with Crippen molar-refractivity contribution < 1.29 is 4.42 Å². The number of nitrogens with zero attached hydrogens (tertiary/aromatic N) is 4. The smallest absolute Gasteiger partial charge is 0.235 e. The third-order valence-electron chi connectivity index (χ3n) is 2.89. The van der Waals surface area contributed by atoms with E-state index in [2.05, 4.69) is 15.3 Å². The Bertz CT molecular complexity index is 929. The number of benzene rings is 1. The minimum Gasteiger partial charge on any atom is -0.462 e. The standard InChI is InChI=1S/C13H6Cl2N4OS/c14-7-3-4-9(15)8(6-7)11-16-17-13-19(11)18-12(21-13)10-2-1-5-20-10/h1-6H. The van der Waals surface area contributed by atoms with Crippen LogP contribution in [0.1, 0.15) is 0 Å². The molecule has 0 saturated heterocycles. The maximum Gasteiger partial charge on any atom is 0.235 e. The molecular weight excluding hydrogens is 331 g/mol. The highest BCUT2D eigenvalue weighted by Crippen LogP contribution is 2.32. The Balaban J connectivity index is 1.92. The lowest BCUT2D eigenvalue weighted by atomic mass is 10.2. The fourth-order valence-electron chi connectivity index (χ4n) is 1.95. The SMILES string of the molecule is Clc1ccc(Cl)c(-c2nnc3sc(-c4ccco4)nn23)c1. The van der Waals surface area contributed by atoms with Gasteiger partial charge in [-0.25, -0.2) is 0 Å². The van der Waals surface area contributed by atoms with E-state index in [-0.39, 0.29) is 0 Å². The van der Waals surface area contributed by atoms with Crippen LogP contribution in [-0.4, -0.2) is 19.8 Å². The minimum absolute atomic E-state index is 0.543. The fourth-order valence-corrected chi connectivity index (χ4v) is 3.14. The van der Waals surface area contributed by atoms with E-state index in [1.165, 1.54) is 11.3 Å². The van der Waals surface area contributed by atoms with E-state index in [4.69, 9.17) is 27.6 Å². The second kappa shape index (κ2) is 4.84. The van der Waals surface area contributed by atoms with Gasteiger partial charge in [0.1, 0.15) is 0 Å². The van der Waals surface area contributed by atoms with Crippen molar-refractivity contribution in [1.82, 2.24) is 19.8 Å². The summed E-state index contributed by atoms with van der Waals surface area (Å²) in [5.41, 5.74) is 0.688. The van der Waals surface area contributed by atoms with Gasteiger partial charge in [0.2, 0.25) is 4.96 Å². The van der Waals surface area contributed by atoms with Gasteiger partial charge in [0.15, 0.2) is 16.6 Å². The van der Waals surface area contributed by atoms with Crippen LogP contribution >= 0.6 is 34.5 Å². The molecule has 0 atom stereocenters. The van der Waals surface area contributed by atoms with E-state index in [9.17, 15) is 0 Å². The fraction of sp³-hybridized carbons (Fsp3) is 0. The first kappa shape index (κ1) is 12.8. The van der Waals surface area contributed by atoms with Crippen LogP contribution in [-0.2, 0) is 0 Å². The molecule has 0 aliphatic heterocycles. The summed E-state index contributed by atoms with van der Waals surface area (Å²) in [4.78, 5) is 0.660. The first-order valence-electron chi connectivity index (χ1n) is 5.94. The zero-order valence-electron chi connectivity index (χ0n) is 10.3. The third kappa shape index (κ3) is 2.12. The van der Waals surface area contributed by atoms with Crippen molar-refractivity contribution in [3.05, 3.63) is 46.6 Å². The number of fused-ring (bicyclic) bond motifs is 1. The molecule has 0 amide bonds. The predicted octanol–water partition coefficient (Wildman–Crippen LogP) is 4.42. The van der Waals surface area contributed by atoms with Gasteiger partial charge in [-0.2, -0.15) is 4.52 Å². The van der Waals surface area contributed by atoms with E-state index in [1.54, 1.807) is 29.0 Å². The Morgan fingerprint density at radius 2 is 2.05 bits per heavy atom. The summed E-state index contributed by atoms with van der Waals surface area (Å²) in [6.07, 6.45) is 1.60. The number of rotatable bonds is 2. The average Bonchev–Trinajstić information content (AvgIpc) is 3.15. The van der Waals surface area contributed by atoms with Crippen molar-refractivity contribution in [2.75, 3.05) is 0 Å². The lowest BCUT2D eigenvalue weighted by molar-refractivity contribution is 0.580. The second-order valence-corrected chi connectivity index (χ2v) is 6.03. The molecule has 0 aliphatic carbocycles. The van der Waals surface area contributed by atoms with Crippen molar-refractivity contribution in [3.63, 3.8) is 0 Å². The Morgan fingerprint density at radius 1 is 1.14 bits per heavy atom. The second-order valence-electron chi connectivity index (χ2n) is 4.23. The van der Waals surface area contributed by atoms with Gasteiger partial charge >= 0.3 is 0 Å². The predicted molar refractivity (Wildman–Crippen MR) is 81.8 cm³/mol. The summed E-state index contributed by atoms with van der Waals surface area (Å²) in [5, 5.41) is 14.6. The number of aromatic nitrogens is 4. The number of furan rings is 1. The van der Waals surface area contributed by atoms with Crippen molar-refractivity contribution in [2.24, 2.45) is 0 Å². The lowest BCUT2D eigenvalue weighted by Gasteiger charge is -2.01. The molecule has 1 aromatic carbocycles. The molecule has 0 fully saturated rings. The molecule has 0 spiro atoms. The molecule has 0 radical (unpaired) electrons. The van der Waals surface area contributed by atoms with Crippen molar-refractivity contribution in [2.45, 2.75) is 0 Å². The van der Waals surface area contributed by atoms with Crippen molar-refractivity contribution in [1.29, 1.82) is 0 Å². The van der Waals surface area contributed by atoms with Crippen LogP contribution in [0.5, 0.6) is 0 Å². The Kier molecular flexibility index (Phi) is 2.95. The van der Waals surface area contributed by atoms with Gasteiger partial charge in [0.25, 0.3) is 0 Å². The molecule has 0 bridgehead atoms. The van der Waals surface area contributed by atoms with Crippen LogP contribution < -0.4 is 0 Å². The normalized spacial score (nSPS) is 11.3. The molecule has 3 heterocycles. The van der Waals surface area contributed by atoms with Crippen LogP contribution in [0.25, 0.3) is 27.1 Å². The minimum atomic E-state index is 0.543. The first-order chi connectivity index (χ1) is 10.2. The molecule has 104 valence electrons. The number of hydrogen-bond donors (Lipinski definition) is 0. The zero-order valence-corrected chi connectivity index (χ0v) is 12.7. The van der Waals surface area contributed by atoms with Gasteiger partial charge < -0.3 is 4.42 Å². The van der Waals surface area contributed by atoms with Crippen LogP contribution in [0.3, 0.4) is 0 Å². The molecule has 21 heavy (non-hydrogen) atoms. The Hall–Kier alpha value is -1.89. The van der Waals surface area contributed by atoms with E-state index in [0.29, 0.717) is 32.2 Å². The van der Waals surface area contributed by atoms with Crippen LogP contribution in [0.4, 0.5) is 0 Å². The average molecular weight is 337 g/mol. The largest absolute Gasteiger partial charge is 0.462 e. The van der Waals surface area contributed by atoms with Gasteiger partial charge in [-0.3, -0.25) is 0 Å². The summed E-state index contributed by atoms with van der Waals surface area (Å²) in [6, 6.07) is 8.84. The van der Waals surface area contributed by atoms with Gasteiger partial charge in [-0.15, -0.1) is 15.3 Å². The summed E-state index contributed by atoms with van der Waals surface area (Å²) >= 11 is 13.6.